The molecular formula is C17H20N6O2S. The van der Waals surface area contributed by atoms with Gasteiger partial charge in [-0.25, -0.2) is 9.97 Å². The van der Waals surface area contributed by atoms with E-state index in [-0.39, 0.29) is 0 Å². The van der Waals surface area contributed by atoms with Gasteiger partial charge in [0.25, 0.3) is 0 Å². The first kappa shape index (κ1) is 17.0. The highest BCUT2D eigenvalue weighted by Gasteiger charge is 2.22. The quantitative estimate of drug-likeness (QED) is 0.704. The molecule has 8 nitrogen and oxygen atoms in total. The van der Waals surface area contributed by atoms with Crippen molar-refractivity contribution in [2.45, 2.75) is 25.3 Å². The number of fused-ring (bicyclic) bond motifs is 1. The summed E-state index contributed by atoms with van der Waals surface area (Å²) in [5, 5.41) is 4.00. The van der Waals surface area contributed by atoms with Crippen LogP contribution in [-0.4, -0.2) is 49.9 Å². The van der Waals surface area contributed by atoms with Crippen molar-refractivity contribution in [2.75, 3.05) is 19.9 Å². The number of H-pyrrole nitrogens is 1. The van der Waals surface area contributed by atoms with Gasteiger partial charge in [0.15, 0.2) is 5.82 Å². The van der Waals surface area contributed by atoms with Crippen molar-refractivity contribution in [1.82, 2.24) is 30.0 Å². The van der Waals surface area contributed by atoms with Crippen LogP contribution in [0.15, 0.2) is 22.9 Å². The highest BCUT2D eigenvalue weighted by atomic mass is 32.2. The van der Waals surface area contributed by atoms with Crippen LogP contribution in [0.25, 0.3) is 11.4 Å². The van der Waals surface area contributed by atoms with Crippen molar-refractivity contribution < 1.29 is 9.26 Å². The fourth-order valence-electron chi connectivity index (χ4n) is 3.00. The fourth-order valence-corrected chi connectivity index (χ4v) is 3.37. The SMILES string of the molecule is COc1ccc(-c2nc3c([nH]2)CN(Cc2nc(CSC)no2)CC3)cn1. The van der Waals surface area contributed by atoms with Crippen LogP contribution >= 0.6 is 11.8 Å². The number of imidazole rings is 1. The Hall–Kier alpha value is -2.39. The van der Waals surface area contributed by atoms with Gasteiger partial charge in [-0.05, 0) is 12.3 Å². The summed E-state index contributed by atoms with van der Waals surface area (Å²) >= 11 is 1.68. The van der Waals surface area contributed by atoms with Crippen LogP contribution < -0.4 is 4.74 Å². The maximum absolute atomic E-state index is 5.34. The molecule has 1 N–H and O–H groups in total. The van der Waals surface area contributed by atoms with Crippen LogP contribution in [0.2, 0.25) is 0 Å². The van der Waals surface area contributed by atoms with Gasteiger partial charge in [0, 0.05) is 37.3 Å². The van der Waals surface area contributed by atoms with Crippen LogP contribution in [-0.2, 0) is 25.3 Å². The zero-order chi connectivity index (χ0) is 17.9. The van der Waals surface area contributed by atoms with Gasteiger partial charge >= 0.3 is 0 Å². The summed E-state index contributed by atoms with van der Waals surface area (Å²) < 4.78 is 10.4. The number of aromatic amines is 1. The van der Waals surface area contributed by atoms with Gasteiger partial charge in [0.1, 0.15) is 5.82 Å². The van der Waals surface area contributed by atoms with E-state index in [4.69, 9.17) is 14.2 Å². The Balaban J connectivity index is 1.45. The average Bonchev–Trinajstić information content (AvgIpc) is 3.28. The molecule has 3 aromatic rings. The number of aromatic nitrogens is 5. The number of pyridine rings is 1. The van der Waals surface area contributed by atoms with Gasteiger partial charge in [-0.3, -0.25) is 4.90 Å². The summed E-state index contributed by atoms with van der Waals surface area (Å²) in [4.78, 5) is 19.1. The Morgan fingerprint density at radius 1 is 1.35 bits per heavy atom. The van der Waals surface area contributed by atoms with Crippen LogP contribution in [0.3, 0.4) is 0 Å². The van der Waals surface area contributed by atoms with Gasteiger partial charge in [-0.15, -0.1) is 0 Å². The number of thioether (sulfide) groups is 1. The molecule has 1 aliphatic heterocycles. The molecule has 0 bridgehead atoms. The zero-order valence-corrected chi connectivity index (χ0v) is 15.5. The number of methoxy groups -OCH3 is 1. The number of hydrogen-bond donors (Lipinski definition) is 1. The predicted octanol–water partition coefficient (Wildman–Crippen LogP) is 2.28. The highest BCUT2D eigenvalue weighted by molar-refractivity contribution is 7.97. The second-order valence-corrected chi connectivity index (χ2v) is 6.96. The topological polar surface area (TPSA) is 93.0 Å². The molecule has 136 valence electrons. The molecule has 0 unspecified atom stereocenters. The summed E-state index contributed by atoms with van der Waals surface area (Å²) in [5.41, 5.74) is 3.19. The third-order valence-corrected chi connectivity index (χ3v) is 4.82. The molecule has 4 heterocycles. The molecule has 1 aliphatic rings. The number of nitrogens with zero attached hydrogens (tertiary/aromatic N) is 5. The van der Waals surface area contributed by atoms with Gasteiger partial charge in [0.2, 0.25) is 11.8 Å². The first-order chi connectivity index (χ1) is 12.7. The standard InChI is InChI=1S/C17H20N6O2S/c1-24-15-4-3-11(7-18-15)17-19-12-5-6-23(8-13(12)20-17)9-16-21-14(10-26-2)22-25-16/h3-4,7H,5-6,8-10H2,1-2H3,(H,19,20). The van der Waals surface area contributed by atoms with Crippen LogP contribution in [0, 0.1) is 0 Å². The smallest absolute Gasteiger partial charge is 0.240 e. The second-order valence-electron chi connectivity index (χ2n) is 6.10. The van der Waals surface area contributed by atoms with Crippen molar-refractivity contribution in [1.29, 1.82) is 0 Å². The Morgan fingerprint density at radius 3 is 3.04 bits per heavy atom. The van der Waals surface area contributed by atoms with E-state index in [2.05, 4.69) is 25.0 Å². The van der Waals surface area contributed by atoms with Crippen molar-refractivity contribution in [3.8, 4) is 17.3 Å². The predicted molar refractivity (Wildman–Crippen MR) is 97.7 cm³/mol. The third-order valence-electron chi connectivity index (χ3n) is 4.27. The van der Waals surface area contributed by atoms with Crippen molar-refractivity contribution in [3.05, 3.63) is 41.4 Å². The van der Waals surface area contributed by atoms with E-state index in [9.17, 15) is 0 Å². The third kappa shape index (κ3) is 3.58. The summed E-state index contributed by atoms with van der Waals surface area (Å²) in [5.74, 6) is 3.62. The summed E-state index contributed by atoms with van der Waals surface area (Å²) in [7, 11) is 1.61. The second kappa shape index (κ2) is 7.46. The molecule has 0 spiro atoms. The molecule has 0 saturated carbocycles. The number of hydrogen-bond acceptors (Lipinski definition) is 8. The molecule has 9 heteroatoms. The lowest BCUT2D eigenvalue weighted by molar-refractivity contribution is 0.207. The molecule has 4 rings (SSSR count). The lowest BCUT2D eigenvalue weighted by Crippen LogP contribution is -2.30. The van der Waals surface area contributed by atoms with Crippen LogP contribution in [0.1, 0.15) is 23.1 Å². The number of rotatable bonds is 6. The molecule has 0 fully saturated rings. The molecular weight excluding hydrogens is 352 g/mol. The van der Waals surface area contributed by atoms with Crippen LogP contribution in [0.5, 0.6) is 5.88 Å². The van der Waals surface area contributed by atoms with E-state index in [0.717, 1.165) is 53.9 Å². The monoisotopic (exact) mass is 372 g/mol. The molecule has 26 heavy (non-hydrogen) atoms. The normalized spacial score (nSPS) is 14.4. The van der Waals surface area contributed by atoms with E-state index >= 15 is 0 Å². The summed E-state index contributed by atoms with van der Waals surface area (Å²) in [6, 6.07) is 3.80. The van der Waals surface area contributed by atoms with Crippen LogP contribution in [0.4, 0.5) is 0 Å². The summed E-state index contributed by atoms with van der Waals surface area (Å²) in [6.07, 6.45) is 4.68. The largest absolute Gasteiger partial charge is 0.481 e. The molecule has 0 amide bonds. The van der Waals surface area contributed by atoms with E-state index < -0.39 is 0 Å². The Kier molecular flexibility index (Phi) is 4.89. The lowest BCUT2D eigenvalue weighted by Gasteiger charge is -2.24. The fraction of sp³-hybridized carbons (Fsp3) is 0.412. The minimum Gasteiger partial charge on any atom is -0.481 e. The Bertz CT molecular complexity index is 876. The first-order valence-corrected chi connectivity index (χ1v) is 9.75. The first-order valence-electron chi connectivity index (χ1n) is 8.36. The maximum atomic E-state index is 5.34. The molecule has 0 saturated heterocycles. The molecule has 0 atom stereocenters. The Morgan fingerprint density at radius 2 is 2.27 bits per heavy atom. The molecule has 0 aliphatic carbocycles. The minimum absolute atomic E-state index is 0.594. The zero-order valence-electron chi connectivity index (χ0n) is 14.7. The van der Waals surface area contributed by atoms with E-state index in [1.165, 1.54) is 0 Å². The van der Waals surface area contributed by atoms with E-state index in [1.807, 2.05) is 18.4 Å². The minimum atomic E-state index is 0.594. The maximum Gasteiger partial charge on any atom is 0.240 e. The van der Waals surface area contributed by atoms with Gasteiger partial charge in [0.05, 0.1) is 30.8 Å². The van der Waals surface area contributed by atoms with Gasteiger partial charge in [-0.2, -0.15) is 16.7 Å². The molecule has 0 radical (unpaired) electrons. The van der Waals surface area contributed by atoms with E-state index in [0.29, 0.717) is 18.3 Å². The van der Waals surface area contributed by atoms with Crippen molar-refractivity contribution in [3.63, 3.8) is 0 Å². The van der Waals surface area contributed by atoms with Crippen molar-refractivity contribution >= 4 is 11.8 Å². The number of nitrogens with one attached hydrogen (secondary N) is 1. The van der Waals surface area contributed by atoms with E-state index in [1.54, 1.807) is 25.1 Å². The Labute approximate surface area is 155 Å². The number of ether oxygens (including phenoxy) is 1. The van der Waals surface area contributed by atoms with Crippen molar-refractivity contribution in [2.24, 2.45) is 0 Å². The van der Waals surface area contributed by atoms with Gasteiger partial charge < -0.3 is 14.2 Å². The highest BCUT2D eigenvalue weighted by Crippen LogP contribution is 2.24. The average molecular weight is 372 g/mol. The lowest BCUT2D eigenvalue weighted by atomic mass is 10.1. The van der Waals surface area contributed by atoms with Gasteiger partial charge in [-0.1, -0.05) is 5.16 Å². The molecule has 3 aromatic heterocycles. The summed E-state index contributed by atoms with van der Waals surface area (Å²) in [6.45, 7) is 2.35. The molecule has 0 aromatic carbocycles.